The second-order valence-electron chi connectivity index (χ2n) is 9.80. The van der Waals surface area contributed by atoms with Gasteiger partial charge in [0, 0.05) is 12.6 Å². The smallest absolute Gasteiger partial charge is 0.407 e. The number of carbonyl (C=O) groups is 3. The van der Waals surface area contributed by atoms with Gasteiger partial charge in [0.2, 0.25) is 0 Å². The molecule has 0 radical (unpaired) electrons. The van der Waals surface area contributed by atoms with Crippen molar-refractivity contribution in [3.63, 3.8) is 0 Å². The topological polar surface area (TPSA) is 121 Å². The van der Waals surface area contributed by atoms with Crippen LogP contribution < -0.4 is 20.1 Å². The van der Waals surface area contributed by atoms with E-state index in [1.807, 2.05) is 20.8 Å². The number of hydrogen-bond donors (Lipinski definition) is 2. The summed E-state index contributed by atoms with van der Waals surface area (Å²) in [7, 11) is 1.30. The van der Waals surface area contributed by atoms with Crippen molar-refractivity contribution in [1.29, 1.82) is 0 Å². The standard InChI is InChI=1S/C25H40N2O8/c1-24(2,3)34-22(29)26-11-9-8-10-13-32-19-15-18(21(28)31-7)16-20(17-19)33-14-12-27-23(30)35-25(4,5)6/h15-17H,8-14H2,1-7H3,(H,26,29)(H,27,30). The number of unbranched alkanes of at least 4 members (excludes halogenated alkanes) is 2. The SMILES string of the molecule is COC(=O)c1cc(OCCCCCNC(=O)OC(C)(C)C)cc(OCCNC(=O)OC(C)(C)C)c1. The van der Waals surface area contributed by atoms with E-state index in [1.165, 1.54) is 7.11 Å². The molecule has 0 heterocycles. The summed E-state index contributed by atoms with van der Waals surface area (Å²) in [5.41, 5.74) is -0.810. The third kappa shape index (κ3) is 14.6. The summed E-state index contributed by atoms with van der Waals surface area (Å²) in [6, 6.07) is 4.81. The molecule has 0 spiro atoms. The predicted molar refractivity (Wildman–Crippen MR) is 131 cm³/mol. The highest BCUT2D eigenvalue weighted by molar-refractivity contribution is 5.90. The maximum Gasteiger partial charge on any atom is 0.407 e. The minimum atomic E-state index is -0.583. The van der Waals surface area contributed by atoms with Crippen molar-refractivity contribution < 1.29 is 38.1 Å². The fourth-order valence-corrected chi connectivity index (χ4v) is 2.71. The van der Waals surface area contributed by atoms with Gasteiger partial charge in [0.05, 0.1) is 25.8 Å². The molecule has 1 rings (SSSR count). The molecule has 1 aromatic carbocycles. The van der Waals surface area contributed by atoms with Gasteiger partial charge in [-0.15, -0.1) is 0 Å². The Bertz CT molecular complexity index is 828. The first-order valence-electron chi connectivity index (χ1n) is 11.7. The first-order valence-corrected chi connectivity index (χ1v) is 11.7. The van der Waals surface area contributed by atoms with Crippen LogP contribution in [0.5, 0.6) is 11.5 Å². The molecule has 0 bridgehead atoms. The van der Waals surface area contributed by atoms with Crippen LogP contribution in [0.4, 0.5) is 9.59 Å². The highest BCUT2D eigenvalue weighted by Crippen LogP contribution is 2.24. The summed E-state index contributed by atoms with van der Waals surface area (Å²) >= 11 is 0. The number of hydrogen-bond acceptors (Lipinski definition) is 8. The van der Waals surface area contributed by atoms with Crippen molar-refractivity contribution >= 4 is 18.2 Å². The van der Waals surface area contributed by atoms with E-state index in [1.54, 1.807) is 39.0 Å². The number of nitrogens with one attached hydrogen (secondary N) is 2. The van der Waals surface area contributed by atoms with Gasteiger partial charge in [-0.05, 0) is 72.9 Å². The van der Waals surface area contributed by atoms with Crippen LogP contribution in [0.2, 0.25) is 0 Å². The lowest BCUT2D eigenvalue weighted by molar-refractivity contribution is 0.0511. The second kappa shape index (κ2) is 14.3. The summed E-state index contributed by atoms with van der Waals surface area (Å²) in [5, 5.41) is 5.33. The van der Waals surface area contributed by atoms with Gasteiger partial charge in [0.25, 0.3) is 0 Å². The number of rotatable bonds is 12. The normalized spacial score (nSPS) is 11.3. The molecule has 1 aromatic rings. The lowest BCUT2D eigenvalue weighted by atomic mass is 10.2. The Morgan fingerprint density at radius 3 is 1.74 bits per heavy atom. The monoisotopic (exact) mass is 496 g/mol. The molecule has 0 saturated carbocycles. The molecule has 2 amide bonds. The van der Waals surface area contributed by atoms with Crippen molar-refractivity contribution in [2.75, 3.05) is 33.4 Å². The maximum atomic E-state index is 12.0. The van der Waals surface area contributed by atoms with Gasteiger partial charge in [-0.25, -0.2) is 14.4 Å². The Morgan fingerprint density at radius 2 is 1.23 bits per heavy atom. The van der Waals surface area contributed by atoms with E-state index < -0.39 is 29.4 Å². The number of ether oxygens (including phenoxy) is 5. The molecule has 0 fully saturated rings. The summed E-state index contributed by atoms with van der Waals surface area (Å²) in [6.07, 6.45) is 1.42. The first-order chi connectivity index (χ1) is 16.3. The average molecular weight is 497 g/mol. The van der Waals surface area contributed by atoms with Crippen molar-refractivity contribution in [2.24, 2.45) is 0 Å². The largest absolute Gasteiger partial charge is 0.493 e. The average Bonchev–Trinajstić information content (AvgIpc) is 2.73. The molecule has 2 N–H and O–H groups in total. The van der Waals surface area contributed by atoms with Crippen LogP contribution in [0.15, 0.2) is 18.2 Å². The molecular formula is C25H40N2O8. The minimum absolute atomic E-state index is 0.175. The van der Waals surface area contributed by atoms with Gasteiger partial charge in [0.15, 0.2) is 0 Å². The van der Waals surface area contributed by atoms with Crippen LogP contribution in [0.25, 0.3) is 0 Å². The van der Waals surface area contributed by atoms with Gasteiger partial charge in [0.1, 0.15) is 29.3 Å². The van der Waals surface area contributed by atoms with E-state index in [2.05, 4.69) is 10.6 Å². The summed E-state index contributed by atoms with van der Waals surface area (Å²) in [6.45, 7) is 12.1. The molecule has 0 aromatic heterocycles. The van der Waals surface area contributed by atoms with E-state index in [-0.39, 0.29) is 13.2 Å². The van der Waals surface area contributed by atoms with Gasteiger partial charge >= 0.3 is 18.2 Å². The molecule has 0 unspecified atom stereocenters. The van der Waals surface area contributed by atoms with Crippen LogP contribution in [0.1, 0.15) is 71.2 Å². The van der Waals surface area contributed by atoms with E-state index in [4.69, 9.17) is 23.7 Å². The predicted octanol–water partition coefficient (Wildman–Crippen LogP) is 4.45. The quantitative estimate of drug-likeness (QED) is 0.247. The Hall–Kier alpha value is -3.17. The summed E-state index contributed by atoms with van der Waals surface area (Å²) < 4.78 is 26.6. The molecule has 35 heavy (non-hydrogen) atoms. The lowest BCUT2D eigenvalue weighted by Crippen LogP contribution is -2.34. The molecule has 0 aliphatic heterocycles. The second-order valence-corrected chi connectivity index (χ2v) is 9.80. The van der Waals surface area contributed by atoms with Gasteiger partial charge < -0.3 is 34.3 Å². The van der Waals surface area contributed by atoms with E-state index in [9.17, 15) is 14.4 Å². The molecular weight excluding hydrogens is 456 g/mol. The van der Waals surface area contributed by atoms with Crippen LogP contribution in [0.3, 0.4) is 0 Å². The summed E-state index contributed by atoms with van der Waals surface area (Å²) in [5.74, 6) is 0.366. The number of methoxy groups -OCH3 is 1. The van der Waals surface area contributed by atoms with Crippen LogP contribution >= 0.6 is 0 Å². The fourth-order valence-electron chi connectivity index (χ4n) is 2.71. The van der Waals surface area contributed by atoms with Crippen LogP contribution in [-0.2, 0) is 14.2 Å². The number of amides is 2. The molecule has 0 aliphatic carbocycles. The Kier molecular flexibility index (Phi) is 12.2. The van der Waals surface area contributed by atoms with Gasteiger partial charge in [-0.2, -0.15) is 0 Å². The lowest BCUT2D eigenvalue weighted by Gasteiger charge is -2.19. The van der Waals surface area contributed by atoms with Crippen molar-refractivity contribution in [2.45, 2.75) is 72.0 Å². The number of esters is 1. The highest BCUT2D eigenvalue weighted by Gasteiger charge is 2.16. The zero-order valence-electron chi connectivity index (χ0n) is 21.9. The van der Waals surface area contributed by atoms with Crippen molar-refractivity contribution in [3.8, 4) is 11.5 Å². The Balaban J connectivity index is 2.46. The Morgan fingerprint density at radius 1 is 0.714 bits per heavy atom. The number of benzene rings is 1. The third-order valence-electron chi connectivity index (χ3n) is 4.10. The first kappa shape index (κ1) is 29.9. The van der Waals surface area contributed by atoms with Crippen LogP contribution in [0, 0.1) is 0 Å². The molecule has 10 nitrogen and oxygen atoms in total. The van der Waals surface area contributed by atoms with Crippen molar-refractivity contribution in [3.05, 3.63) is 23.8 Å². The van der Waals surface area contributed by atoms with E-state index in [0.29, 0.717) is 30.2 Å². The van der Waals surface area contributed by atoms with Gasteiger partial charge in [-0.3, -0.25) is 0 Å². The molecule has 0 saturated heterocycles. The fraction of sp³-hybridized carbons (Fsp3) is 0.640. The molecule has 0 aliphatic rings. The van der Waals surface area contributed by atoms with Crippen LogP contribution in [-0.4, -0.2) is 62.8 Å². The molecule has 10 heteroatoms. The number of alkyl carbamates (subject to hydrolysis) is 2. The third-order valence-corrected chi connectivity index (χ3v) is 4.10. The van der Waals surface area contributed by atoms with Crippen molar-refractivity contribution in [1.82, 2.24) is 10.6 Å². The minimum Gasteiger partial charge on any atom is -0.493 e. The van der Waals surface area contributed by atoms with E-state index >= 15 is 0 Å². The Labute approximate surface area is 208 Å². The molecule has 0 atom stereocenters. The summed E-state index contributed by atoms with van der Waals surface area (Å²) in [4.78, 5) is 35.3. The van der Waals surface area contributed by atoms with Gasteiger partial charge in [-0.1, -0.05) is 0 Å². The molecule has 198 valence electrons. The zero-order valence-corrected chi connectivity index (χ0v) is 21.9. The number of carbonyl (C=O) groups excluding carboxylic acids is 3. The maximum absolute atomic E-state index is 12.0. The zero-order chi connectivity index (χ0) is 26.5. The van der Waals surface area contributed by atoms with E-state index in [0.717, 1.165) is 19.3 Å². The highest BCUT2D eigenvalue weighted by atomic mass is 16.6.